The Hall–Kier alpha value is -2.33. The molecule has 0 aromatic heterocycles. The molecule has 1 N–H and O–H groups in total. The normalized spacial score (nSPS) is 15.8. The van der Waals surface area contributed by atoms with Gasteiger partial charge in [-0.25, -0.2) is 8.42 Å². The molecule has 1 saturated heterocycles. The van der Waals surface area contributed by atoms with Gasteiger partial charge >= 0.3 is 0 Å². The van der Waals surface area contributed by atoms with Crippen LogP contribution >= 0.6 is 11.6 Å². The average Bonchev–Trinajstić information content (AvgIpc) is 2.78. The number of benzene rings is 2. The quantitative estimate of drug-likeness (QED) is 0.639. The minimum Gasteiger partial charge on any atom is -0.495 e. The molecule has 1 amide bonds. The highest BCUT2D eigenvalue weighted by molar-refractivity contribution is 7.89. The molecule has 1 aliphatic heterocycles. The van der Waals surface area contributed by atoms with Crippen LogP contribution in [0.25, 0.3) is 0 Å². The van der Waals surface area contributed by atoms with Gasteiger partial charge in [0.1, 0.15) is 16.4 Å². The maximum absolute atomic E-state index is 13.1. The number of hydrogen-bond acceptors (Lipinski definition) is 6. The first-order chi connectivity index (χ1) is 14.8. The van der Waals surface area contributed by atoms with Crippen LogP contribution in [-0.4, -0.2) is 58.1 Å². The molecule has 2 aromatic rings. The molecule has 0 radical (unpaired) electrons. The van der Waals surface area contributed by atoms with Gasteiger partial charge in [-0.1, -0.05) is 24.6 Å². The molecule has 31 heavy (non-hydrogen) atoms. The summed E-state index contributed by atoms with van der Waals surface area (Å²) in [5.41, 5.74) is 0.325. The molecule has 1 fully saturated rings. The van der Waals surface area contributed by atoms with Crippen LogP contribution in [0.4, 0.5) is 5.69 Å². The molecular weight excluding hydrogens is 444 g/mol. The van der Waals surface area contributed by atoms with Crippen molar-refractivity contribution in [2.24, 2.45) is 0 Å². The average molecular weight is 469 g/mol. The first kappa shape index (κ1) is 23.3. The standard InChI is InChI=1S/C21H25ClN2O6S/c1-3-18(30-17-6-4-5-15(22)13-17)21(25)23-16-7-8-19(28-2)20(14-16)31(26,27)24-9-11-29-12-10-24/h4-8,13-14,18H,3,9-12H2,1-2H3,(H,23,25)/t18-/m1/s1. The molecule has 1 heterocycles. The number of halogens is 1. The summed E-state index contributed by atoms with van der Waals surface area (Å²) in [5.74, 6) is 0.272. The smallest absolute Gasteiger partial charge is 0.265 e. The van der Waals surface area contributed by atoms with E-state index in [1.54, 1.807) is 30.3 Å². The second kappa shape index (κ2) is 10.3. The molecule has 1 atom stereocenters. The number of morpholine rings is 1. The molecule has 0 unspecified atom stereocenters. The van der Waals surface area contributed by atoms with Crippen molar-refractivity contribution in [2.45, 2.75) is 24.3 Å². The minimum atomic E-state index is -3.81. The third kappa shape index (κ3) is 5.68. The third-order valence-electron chi connectivity index (χ3n) is 4.76. The molecule has 0 bridgehead atoms. The van der Waals surface area contributed by atoms with Crippen LogP contribution in [-0.2, 0) is 19.6 Å². The van der Waals surface area contributed by atoms with Crippen molar-refractivity contribution in [3.8, 4) is 11.5 Å². The summed E-state index contributed by atoms with van der Waals surface area (Å²) in [4.78, 5) is 12.8. The number of anilines is 1. The van der Waals surface area contributed by atoms with E-state index in [-0.39, 0.29) is 23.7 Å². The summed E-state index contributed by atoms with van der Waals surface area (Å²) in [5, 5.41) is 3.24. The van der Waals surface area contributed by atoms with Crippen molar-refractivity contribution >= 4 is 33.2 Å². The maximum Gasteiger partial charge on any atom is 0.265 e. The highest BCUT2D eigenvalue weighted by Crippen LogP contribution is 2.30. The van der Waals surface area contributed by atoms with Gasteiger partial charge in [0.15, 0.2) is 6.10 Å². The van der Waals surface area contributed by atoms with Crippen molar-refractivity contribution in [1.82, 2.24) is 4.31 Å². The monoisotopic (exact) mass is 468 g/mol. The van der Waals surface area contributed by atoms with Gasteiger partial charge in [-0.2, -0.15) is 4.31 Å². The largest absolute Gasteiger partial charge is 0.495 e. The fraction of sp³-hybridized carbons (Fsp3) is 0.381. The minimum absolute atomic E-state index is 0.0153. The van der Waals surface area contributed by atoms with E-state index in [1.165, 1.54) is 23.5 Å². The summed E-state index contributed by atoms with van der Waals surface area (Å²) >= 11 is 5.97. The fourth-order valence-corrected chi connectivity index (χ4v) is 4.90. The summed E-state index contributed by atoms with van der Waals surface area (Å²) in [6, 6.07) is 11.3. The Bertz CT molecular complexity index is 1020. The molecule has 2 aromatic carbocycles. The molecule has 8 nitrogen and oxygen atoms in total. The zero-order valence-electron chi connectivity index (χ0n) is 17.3. The number of carbonyl (C=O) groups is 1. The molecular formula is C21H25ClN2O6S. The Morgan fingerprint density at radius 3 is 2.61 bits per heavy atom. The van der Waals surface area contributed by atoms with Gasteiger partial charge in [-0.3, -0.25) is 4.79 Å². The lowest BCUT2D eigenvalue weighted by Gasteiger charge is -2.27. The molecule has 0 aliphatic carbocycles. The first-order valence-corrected chi connectivity index (χ1v) is 11.7. The van der Waals surface area contributed by atoms with E-state index >= 15 is 0 Å². The van der Waals surface area contributed by atoms with Gasteiger partial charge in [0.25, 0.3) is 5.91 Å². The van der Waals surface area contributed by atoms with Crippen molar-refractivity contribution in [3.05, 3.63) is 47.5 Å². The first-order valence-electron chi connectivity index (χ1n) is 9.84. The second-order valence-electron chi connectivity index (χ2n) is 6.84. The highest BCUT2D eigenvalue weighted by Gasteiger charge is 2.30. The summed E-state index contributed by atoms with van der Waals surface area (Å²) in [6.07, 6.45) is -0.368. The van der Waals surface area contributed by atoms with E-state index in [0.717, 1.165) is 0 Å². The Balaban J connectivity index is 1.80. The zero-order valence-corrected chi connectivity index (χ0v) is 18.9. The zero-order chi connectivity index (χ0) is 22.4. The number of nitrogens with one attached hydrogen (secondary N) is 1. The predicted octanol–water partition coefficient (Wildman–Crippen LogP) is 3.17. The fourth-order valence-electron chi connectivity index (χ4n) is 3.13. The lowest BCUT2D eigenvalue weighted by Crippen LogP contribution is -2.40. The van der Waals surface area contributed by atoms with Gasteiger partial charge in [0, 0.05) is 23.8 Å². The topological polar surface area (TPSA) is 94.2 Å². The van der Waals surface area contributed by atoms with Crippen LogP contribution in [0.15, 0.2) is 47.4 Å². The lowest BCUT2D eigenvalue weighted by atomic mass is 10.2. The van der Waals surface area contributed by atoms with E-state index in [1.807, 2.05) is 6.92 Å². The number of rotatable bonds is 8. The van der Waals surface area contributed by atoms with Crippen LogP contribution in [0.3, 0.4) is 0 Å². The molecule has 0 saturated carbocycles. The Kier molecular flexibility index (Phi) is 7.77. The Labute approximate surface area is 187 Å². The van der Waals surface area contributed by atoms with Gasteiger partial charge in [0.2, 0.25) is 10.0 Å². The van der Waals surface area contributed by atoms with Gasteiger partial charge < -0.3 is 19.5 Å². The number of hydrogen-bond donors (Lipinski definition) is 1. The number of sulfonamides is 1. The Morgan fingerprint density at radius 1 is 1.23 bits per heavy atom. The molecule has 10 heteroatoms. The van der Waals surface area contributed by atoms with Crippen LogP contribution < -0.4 is 14.8 Å². The van der Waals surface area contributed by atoms with Crippen molar-refractivity contribution in [2.75, 3.05) is 38.7 Å². The van der Waals surface area contributed by atoms with E-state index in [9.17, 15) is 13.2 Å². The summed E-state index contributed by atoms with van der Waals surface area (Å²) < 4.78 is 43.8. The van der Waals surface area contributed by atoms with Crippen LogP contribution in [0.5, 0.6) is 11.5 Å². The third-order valence-corrected chi connectivity index (χ3v) is 6.91. The highest BCUT2D eigenvalue weighted by atomic mass is 35.5. The van der Waals surface area contributed by atoms with Crippen molar-refractivity contribution in [1.29, 1.82) is 0 Å². The SMILES string of the molecule is CC[C@@H](Oc1cccc(Cl)c1)C(=O)Nc1ccc(OC)c(S(=O)(=O)N2CCOCC2)c1. The number of amides is 1. The second-order valence-corrected chi connectivity index (χ2v) is 9.19. The number of carbonyl (C=O) groups excluding carboxylic acids is 1. The van der Waals surface area contributed by atoms with Crippen molar-refractivity contribution in [3.63, 3.8) is 0 Å². The van der Waals surface area contributed by atoms with E-state index in [2.05, 4.69) is 5.32 Å². The number of nitrogens with zero attached hydrogens (tertiary/aromatic N) is 1. The summed E-state index contributed by atoms with van der Waals surface area (Å²) in [6.45, 7) is 2.99. The van der Waals surface area contributed by atoms with E-state index in [0.29, 0.717) is 36.1 Å². The summed E-state index contributed by atoms with van der Waals surface area (Å²) in [7, 11) is -2.41. The van der Waals surface area contributed by atoms with E-state index < -0.39 is 22.0 Å². The van der Waals surface area contributed by atoms with Gasteiger partial charge in [-0.05, 0) is 42.8 Å². The molecule has 0 spiro atoms. The van der Waals surface area contributed by atoms with Gasteiger partial charge in [-0.15, -0.1) is 0 Å². The van der Waals surface area contributed by atoms with Gasteiger partial charge in [0.05, 0.1) is 20.3 Å². The Morgan fingerprint density at radius 2 is 1.97 bits per heavy atom. The van der Waals surface area contributed by atoms with Crippen LogP contribution in [0, 0.1) is 0 Å². The van der Waals surface area contributed by atoms with E-state index in [4.69, 9.17) is 25.8 Å². The predicted molar refractivity (Wildman–Crippen MR) is 117 cm³/mol. The maximum atomic E-state index is 13.1. The molecule has 1 aliphatic rings. The van der Waals surface area contributed by atoms with Crippen LogP contribution in [0.1, 0.15) is 13.3 Å². The van der Waals surface area contributed by atoms with Crippen molar-refractivity contribution < 1.29 is 27.4 Å². The number of methoxy groups -OCH3 is 1. The molecule has 3 rings (SSSR count). The molecule has 168 valence electrons. The van der Waals surface area contributed by atoms with Crippen LogP contribution in [0.2, 0.25) is 5.02 Å². The number of ether oxygens (including phenoxy) is 3. The lowest BCUT2D eigenvalue weighted by molar-refractivity contribution is -0.122.